The molecular formula is C28H29FN4O3S. The predicted octanol–water partition coefficient (Wildman–Crippen LogP) is 4.95. The van der Waals surface area contributed by atoms with Crippen molar-refractivity contribution in [2.24, 2.45) is 0 Å². The van der Waals surface area contributed by atoms with Crippen LogP contribution in [-0.4, -0.2) is 63.6 Å². The van der Waals surface area contributed by atoms with Crippen LogP contribution in [0.25, 0.3) is 22.2 Å². The Hall–Kier alpha value is -3.56. The molecule has 192 valence electrons. The second kappa shape index (κ2) is 10.4. The van der Waals surface area contributed by atoms with E-state index in [1.807, 2.05) is 49.4 Å². The molecule has 1 saturated heterocycles. The number of anilines is 2. The van der Waals surface area contributed by atoms with Crippen molar-refractivity contribution in [3.8, 4) is 11.1 Å². The van der Waals surface area contributed by atoms with Crippen molar-refractivity contribution in [1.29, 1.82) is 0 Å². The van der Waals surface area contributed by atoms with Crippen LogP contribution in [0.3, 0.4) is 0 Å². The summed E-state index contributed by atoms with van der Waals surface area (Å²) < 4.78 is 32.7. The smallest absolute Gasteiger partial charge is 0.300 e. The number of hydrogen-bond acceptors (Lipinski definition) is 6. The van der Waals surface area contributed by atoms with Gasteiger partial charge in [-0.2, -0.15) is 4.98 Å². The van der Waals surface area contributed by atoms with E-state index in [-0.39, 0.29) is 11.7 Å². The molecule has 0 spiro atoms. The Bertz CT molecular complexity index is 1490. The molecular weight excluding hydrogens is 491 g/mol. The minimum atomic E-state index is -0.756. The van der Waals surface area contributed by atoms with Crippen LogP contribution in [0, 0.1) is 12.7 Å². The molecule has 9 heteroatoms. The number of halogens is 1. The summed E-state index contributed by atoms with van der Waals surface area (Å²) in [6.07, 6.45) is 0. The Morgan fingerprint density at radius 2 is 1.92 bits per heavy atom. The van der Waals surface area contributed by atoms with E-state index in [0.717, 1.165) is 29.9 Å². The van der Waals surface area contributed by atoms with Gasteiger partial charge < -0.3 is 14.6 Å². The number of hydrogen-bond donors (Lipinski definition) is 1. The fourth-order valence-corrected chi connectivity index (χ4v) is 5.62. The van der Waals surface area contributed by atoms with E-state index in [1.165, 1.54) is 6.07 Å². The molecule has 0 atom stereocenters. The van der Waals surface area contributed by atoms with Gasteiger partial charge in [0.15, 0.2) is 5.58 Å². The highest BCUT2D eigenvalue weighted by Crippen LogP contribution is 2.33. The number of benzene rings is 3. The van der Waals surface area contributed by atoms with Crippen LogP contribution in [0.2, 0.25) is 0 Å². The molecule has 3 aromatic carbocycles. The van der Waals surface area contributed by atoms with Crippen molar-refractivity contribution in [3.63, 3.8) is 0 Å². The van der Waals surface area contributed by atoms with Crippen LogP contribution in [0.1, 0.15) is 21.5 Å². The van der Waals surface area contributed by atoms with Crippen molar-refractivity contribution in [3.05, 3.63) is 77.1 Å². The van der Waals surface area contributed by atoms with Crippen molar-refractivity contribution in [2.75, 3.05) is 44.0 Å². The Morgan fingerprint density at radius 1 is 1.14 bits per heavy atom. The van der Waals surface area contributed by atoms with Crippen LogP contribution in [0.4, 0.5) is 16.1 Å². The number of nitrogens with one attached hydrogen (secondary N) is 1. The maximum Gasteiger partial charge on any atom is 0.300 e. The lowest BCUT2D eigenvalue weighted by Gasteiger charge is -2.26. The van der Waals surface area contributed by atoms with Gasteiger partial charge in [0.2, 0.25) is 0 Å². The summed E-state index contributed by atoms with van der Waals surface area (Å²) in [5, 5.41) is 3.17. The van der Waals surface area contributed by atoms with Crippen molar-refractivity contribution in [2.45, 2.75) is 13.5 Å². The molecule has 0 radical (unpaired) electrons. The summed E-state index contributed by atoms with van der Waals surface area (Å²) >= 11 is 0. The molecule has 1 fully saturated rings. The Morgan fingerprint density at radius 3 is 2.62 bits per heavy atom. The van der Waals surface area contributed by atoms with E-state index in [1.54, 1.807) is 25.1 Å². The van der Waals surface area contributed by atoms with Crippen LogP contribution in [-0.2, 0) is 17.3 Å². The number of carbonyl (C=O) groups excluding carboxylic acids is 1. The number of rotatable bonds is 6. The van der Waals surface area contributed by atoms with Crippen molar-refractivity contribution < 1.29 is 17.8 Å². The second-order valence-electron chi connectivity index (χ2n) is 9.46. The van der Waals surface area contributed by atoms with E-state index in [4.69, 9.17) is 4.42 Å². The highest BCUT2D eigenvalue weighted by molar-refractivity contribution is 7.85. The molecule has 4 aromatic rings. The summed E-state index contributed by atoms with van der Waals surface area (Å²) in [5.41, 5.74) is 5.52. The first-order valence-corrected chi connectivity index (χ1v) is 13.6. The molecule has 0 unspecified atom stereocenters. The summed E-state index contributed by atoms with van der Waals surface area (Å²) in [7, 11) is 2.69. The van der Waals surface area contributed by atoms with Gasteiger partial charge in [-0.3, -0.25) is 13.9 Å². The highest BCUT2D eigenvalue weighted by atomic mass is 32.2. The number of oxazole rings is 1. The van der Waals surface area contributed by atoms with Crippen LogP contribution in [0.5, 0.6) is 0 Å². The van der Waals surface area contributed by atoms with Crippen LogP contribution < -0.4 is 5.32 Å². The summed E-state index contributed by atoms with van der Waals surface area (Å²) in [5.74, 6) is 0.950. The number of amides is 1. The zero-order valence-corrected chi connectivity index (χ0v) is 21.9. The van der Waals surface area contributed by atoms with Gasteiger partial charge >= 0.3 is 0 Å². The second-order valence-corrected chi connectivity index (χ2v) is 11.2. The Labute approximate surface area is 217 Å². The van der Waals surface area contributed by atoms with Gasteiger partial charge in [-0.15, -0.1) is 0 Å². The van der Waals surface area contributed by atoms with E-state index < -0.39 is 10.8 Å². The van der Waals surface area contributed by atoms with Gasteiger partial charge in [0.25, 0.3) is 11.9 Å². The number of aromatic nitrogens is 1. The lowest BCUT2D eigenvalue weighted by atomic mass is 10.0. The maximum atomic E-state index is 15.1. The average Bonchev–Trinajstić information content (AvgIpc) is 3.28. The Kier molecular flexibility index (Phi) is 7.08. The summed E-state index contributed by atoms with van der Waals surface area (Å²) in [6.45, 7) is 3.82. The quantitative estimate of drug-likeness (QED) is 0.388. The molecule has 1 aliphatic rings. The van der Waals surface area contributed by atoms with Crippen molar-refractivity contribution in [1.82, 2.24) is 14.8 Å². The maximum absolute atomic E-state index is 15.1. The third-order valence-corrected chi connectivity index (χ3v) is 7.83. The Balaban J connectivity index is 1.37. The van der Waals surface area contributed by atoms with E-state index in [0.29, 0.717) is 51.9 Å². The third kappa shape index (κ3) is 5.42. The number of carbonyl (C=O) groups is 1. The fraction of sp³-hybridized carbons (Fsp3) is 0.286. The molecule has 37 heavy (non-hydrogen) atoms. The molecule has 0 aliphatic carbocycles. The SMILES string of the molecule is Cc1cc(Nc2nc3cccc(-c4ccc(CN5CCS(=O)CC5)c(F)c4)c3o2)ccc1C(=O)N(C)C. The predicted molar refractivity (Wildman–Crippen MR) is 145 cm³/mol. The lowest BCUT2D eigenvalue weighted by molar-refractivity contribution is 0.0827. The lowest BCUT2D eigenvalue weighted by Crippen LogP contribution is -2.37. The van der Waals surface area contributed by atoms with Gasteiger partial charge in [-0.1, -0.05) is 24.3 Å². The topological polar surface area (TPSA) is 78.7 Å². The van der Waals surface area contributed by atoms with Gasteiger partial charge in [0, 0.05) is 78.4 Å². The molecule has 0 saturated carbocycles. The number of nitrogens with zero attached hydrogens (tertiary/aromatic N) is 3. The molecule has 1 amide bonds. The van der Waals surface area contributed by atoms with Crippen molar-refractivity contribution >= 4 is 39.5 Å². The number of para-hydroxylation sites is 1. The first-order chi connectivity index (χ1) is 17.8. The average molecular weight is 521 g/mol. The standard InChI is InChI=1S/C28H29FN4O3S/c1-18-15-21(9-10-22(18)27(34)32(2)3)30-28-31-25-6-4-5-23(26(25)36-28)19-7-8-20(24(29)16-19)17-33-11-13-37(35)14-12-33/h4-10,15-16H,11-14,17H2,1-3H3,(H,30,31). The summed E-state index contributed by atoms with van der Waals surface area (Å²) in [6, 6.07) is 16.6. The first kappa shape index (κ1) is 25.1. The molecule has 1 N–H and O–H groups in total. The normalized spacial score (nSPS) is 14.7. The van der Waals surface area contributed by atoms with Gasteiger partial charge in [0.1, 0.15) is 11.3 Å². The molecule has 7 nitrogen and oxygen atoms in total. The zero-order valence-electron chi connectivity index (χ0n) is 21.1. The minimum absolute atomic E-state index is 0.0545. The van der Waals surface area contributed by atoms with E-state index in [9.17, 15) is 9.00 Å². The van der Waals surface area contributed by atoms with Crippen LogP contribution >= 0.6 is 0 Å². The molecule has 5 rings (SSSR count). The minimum Gasteiger partial charge on any atom is -0.423 e. The fourth-order valence-electron chi connectivity index (χ4n) is 4.49. The highest BCUT2D eigenvalue weighted by Gasteiger charge is 2.18. The number of fused-ring (bicyclic) bond motifs is 1. The number of aryl methyl sites for hydroxylation is 1. The third-order valence-electron chi connectivity index (χ3n) is 6.56. The van der Waals surface area contributed by atoms with Gasteiger partial charge in [-0.05, 0) is 48.4 Å². The van der Waals surface area contributed by atoms with E-state index in [2.05, 4.69) is 15.2 Å². The first-order valence-electron chi connectivity index (χ1n) is 12.1. The molecule has 1 aliphatic heterocycles. The van der Waals surface area contributed by atoms with Gasteiger partial charge in [-0.25, -0.2) is 4.39 Å². The van der Waals surface area contributed by atoms with Gasteiger partial charge in [0.05, 0.1) is 0 Å². The van der Waals surface area contributed by atoms with E-state index >= 15 is 4.39 Å². The zero-order chi connectivity index (χ0) is 26.1. The van der Waals surface area contributed by atoms with Crippen LogP contribution in [0.15, 0.2) is 59.0 Å². The summed E-state index contributed by atoms with van der Waals surface area (Å²) in [4.78, 5) is 20.6. The molecule has 1 aromatic heterocycles. The monoisotopic (exact) mass is 520 g/mol. The molecule has 0 bridgehead atoms. The largest absolute Gasteiger partial charge is 0.423 e. The molecule has 2 heterocycles.